The van der Waals surface area contributed by atoms with Gasteiger partial charge in [0.25, 0.3) is 0 Å². The first-order chi connectivity index (χ1) is 41.6. The molecule has 2 atom stereocenters. The maximum Gasteiger partial charge on any atom is 0.306 e. The number of hydrogen-bond acceptors (Lipinski definition) is 8. The Bertz CT molecular complexity index is 1860. The Balaban J connectivity index is 4.14. The average molecular weight is 1180 g/mol. The van der Waals surface area contributed by atoms with Crippen molar-refractivity contribution in [1.82, 2.24) is 0 Å². The number of carbonyl (C=O) groups excluding carboxylic acids is 3. The number of quaternary nitrogens is 1. The molecule has 0 saturated carbocycles. The number of esters is 2. The predicted octanol–water partition coefficient (Wildman–Crippen LogP) is 20.0. The molecule has 0 aliphatic rings. The molecule has 0 aromatic carbocycles. The number of carboxylic acids is 1. The van der Waals surface area contributed by atoms with Crippen molar-refractivity contribution in [2.45, 2.75) is 283 Å². The number of hydrogen-bond donors (Lipinski definition) is 0. The second kappa shape index (κ2) is 65.4. The summed E-state index contributed by atoms with van der Waals surface area (Å²) in [6.07, 6.45) is 90.9. The lowest BCUT2D eigenvalue weighted by Crippen LogP contribution is -2.44. The molecule has 0 bridgehead atoms. The number of carboxylic acid groups (broad SMARTS) is 1. The quantitative estimate of drug-likeness (QED) is 0.0195. The van der Waals surface area contributed by atoms with Crippen LogP contribution in [0.15, 0.2) is 134 Å². The molecule has 85 heavy (non-hydrogen) atoms. The van der Waals surface area contributed by atoms with Crippen LogP contribution in [-0.2, 0) is 33.3 Å². The zero-order chi connectivity index (χ0) is 61.9. The minimum atomic E-state index is -1.63. The third kappa shape index (κ3) is 66.8. The molecule has 0 aliphatic carbocycles. The van der Waals surface area contributed by atoms with Gasteiger partial charge in [-0.2, -0.15) is 0 Å². The first-order valence-corrected chi connectivity index (χ1v) is 34.3. The maximum atomic E-state index is 12.9. The summed E-state index contributed by atoms with van der Waals surface area (Å²) >= 11 is 0. The summed E-state index contributed by atoms with van der Waals surface area (Å²) in [4.78, 5) is 37.4. The summed E-state index contributed by atoms with van der Waals surface area (Å²) in [5.74, 6) is -2.30. The number of allylic oxidation sites excluding steroid dienone is 22. The second-order valence-electron chi connectivity index (χ2n) is 23.7. The molecule has 2 unspecified atom stereocenters. The Morgan fingerprint density at radius 2 is 0.671 bits per heavy atom. The van der Waals surface area contributed by atoms with Gasteiger partial charge in [-0.1, -0.05) is 276 Å². The van der Waals surface area contributed by atoms with E-state index in [0.717, 1.165) is 116 Å². The SMILES string of the molecule is CC/C=C\C/C=C\C/C=C\C/C=C\C/C=C\C/C=C\C/C=C\C/C=C\CCCCCCCCCCCCCCCCC(=O)OC(COC(=O)CCCCCCCC/C=C\C/C=C\C/C=C\CCCCCCC)COC(OCC[N+](C)(C)C)C(=O)[O-]. The van der Waals surface area contributed by atoms with Gasteiger partial charge in [0.15, 0.2) is 12.4 Å². The van der Waals surface area contributed by atoms with Crippen molar-refractivity contribution in [2.75, 3.05) is 47.5 Å². The highest BCUT2D eigenvalue weighted by Gasteiger charge is 2.22. The van der Waals surface area contributed by atoms with Crippen molar-refractivity contribution in [2.24, 2.45) is 0 Å². The van der Waals surface area contributed by atoms with Crippen LogP contribution in [-0.4, -0.2) is 82.3 Å². The van der Waals surface area contributed by atoms with E-state index in [0.29, 0.717) is 17.4 Å². The molecule has 0 spiro atoms. The lowest BCUT2D eigenvalue weighted by molar-refractivity contribution is -0.870. The van der Waals surface area contributed by atoms with Crippen molar-refractivity contribution in [3.05, 3.63) is 134 Å². The molecule has 0 aromatic heterocycles. The van der Waals surface area contributed by atoms with Gasteiger partial charge in [-0.25, -0.2) is 0 Å². The van der Waals surface area contributed by atoms with Crippen LogP contribution >= 0.6 is 0 Å². The van der Waals surface area contributed by atoms with E-state index < -0.39 is 24.3 Å². The minimum absolute atomic E-state index is 0.140. The molecular formula is C76H127NO8. The molecule has 0 fully saturated rings. The molecule has 0 rings (SSSR count). The summed E-state index contributed by atoms with van der Waals surface area (Å²) in [7, 11) is 5.92. The summed E-state index contributed by atoms with van der Waals surface area (Å²) in [6, 6.07) is 0. The van der Waals surface area contributed by atoms with Gasteiger partial charge in [0, 0.05) is 12.8 Å². The summed E-state index contributed by atoms with van der Waals surface area (Å²) in [6.45, 7) is 4.61. The van der Waals surface area contributed by atoms with Gasteiger partial charge >= 0.3 is 11.9 Å². The lowest BCUT2D eigenvalue weighted by atomic mass is 10.0. The fraction of sp³-hybridized carbons (Fsp3) is 0.671. The van der Waals surface area contributed by atoms with Crippen LogP contribution in [0.4, 0.5) is 0 Å². The number of rotatable bonds is 62. The first-order valence-electron chi connectivity index (χ1n) is 34.3. The van der Waals surface area contributed by atoms with Crippen molar-refractivity contribution < 1.29 is 42.9 Å². The van der Waals surface area contributed by atoms with E-state index in [-0.39, 0.29) is 38.6 Å². The van der Waals surface area contributed by atoms with Crippen molar-refractivity contribution in [3.8, 4) is 0 Å². The van der Waals surface area contributed by atoms with Gasteiger partial charge < -0.3 is 33.3 Å². The topological polar surface area (TPSA) is 111 Å². The van der Waals surface area contributed by atoms with Crippen LogP contribution in [0.25, 0.3) is 0 Å². The van der Waals surface area contributed by atoms with Crippen LogP contribution in [0, 0.1) is 0 Å². The zero-order valence-corrected chi connectivity index (χ0v) is 55.2. The van der Waals surface area contributed by atoms with E-state index in [4.69, 9.17) is 18.9 Å². The molecule has 9 nitrogen and oxygen atoms in total. The first kappa shape index (κ1) is 80.4. The fourth-order valence-corrected chi connectivity index (χ4v) is 9.15. The van der Waals surface area contributed by atoms with Gasteiger partial charge in [0.1, 0.15) is 13.2 Å². The number of aliphatic carboxylic acids is 1. The van der Waals surface area contributed by atoms with Crippen molar-refractivity contribution in [1.29, 1.82) is 0 Å². The highest BCUT2D eigenvalue weighted by atomic mass is 16.7. The molecule has 0 aromatic rings. The van der Waals surface area contributed by atoms with E-state index in [1.807, 2.05) is 21.1 Å². The number of likely N-dealkylation sites (N-methyl/N-ethyl adjacent to an activating group) is 1. The van der Waals surface area contributed by atoms with E-state index in [9.17, 15) is 19.5 Å². The standard InChI is InChI=1S/C76H127NO8/c1-6-8-10-12-14-16-18-20-22-24-26-28-29-30-31-32-33-34-35-36-37-38-39-40-41-42-43-44-45-47-49-51-53-55-57-59-61-63-65-67-74(79)85-72(71-84-76(75(80)81)82-69-68-77(3,4)5)70-83-73(78)66-64-62-60-58-56-54-52-50-48-46-27-25-23-21-19-17-15-13-11-9-7-2/h8,10,14,16,19-22,25-28,30-31,33-34,36-37,39-40,48,50,72,76H,6-7,9,11-13,15,17-18,23-24,29,32,35,38,41-47,49,51-71H2,1-5H3/b10-8-,16-14-,21-19-,22-20-,27-25-,28-26-,31-30-,34-33-,37-36-,40-39-,50-48-. The monoisotopic (exact) mass is 1180 g/mol. The van der Waals surface area contributed by atoms with Crippen LogP contribution in [0.2, 0.25) is 0 Å². The maximum absolute atomic E-state index is 12.9. The predicted molar refractivity (Wildman–Crippen MR) is 361 cm³/mol. The average Bonchev–Trinajstić information content (AvgIpc) is 3.49. The van der Waals surface area contributed by atoms with Crippen LogP contribution in [0.3, 0.4) is 0 Å². The summed E-state index contributed by atoms with van der Waals surface area (Å²) in [5.41, 5.74) is 0. The van der Waals surface area contributed by atoms with Gasteiger partial charge in [0.2, 0.25) is 0 Å². The Hall–Kier alpha value is -4.57. The molecule has 9 heteroatoms. The van der Waals surface area contributed by atoms with E-state index in [1.54, 1.807) is 0 Å². The van der Waals surface area contributed by atoms with E-state index in [2.05, 4.69) is 148 Å². The lowest BCUT2D eigenvalue weighted by Gasteiger charge is -2.26. The molecule has 484 valence electrons. The third-order valence-corrected chi connectivity index (χ3v) is 14.4. The molecule has 0 amide bonds. The molecule has 0 saturated heterocycles. The number of unbranched alkanes of at least 4 members (excludes halogenated alkanes) is 25. The number of ether oxygens (including phenoxy) is 4. The largest absolute Gasteiger partial charge is 0.545 e. The molecule has 0 N–H and O–H groups in total. The fourth-order valence-electron chi connectivity index (χ4n) is 9.15. The third-order valence-electron chi connectivity index (χ3n) is 14.4. The van der Waals surface area contributed by atoms with Crippen LogP contribution in [0.1, 0.15) is 271 Å². The van der Waals surface area contributed by atoms with Crippen LogP contribution < -0.4 is 5.11 Å². The molecule has 0 radical (unpaired) electrons. The van der Waals surface area contributed by atoms with Gasteiger partial charge in [-0.3, -0.25) is 9.59 Å². The van der Waals surface area contributed by atoms with E-state index in [1.165, 1.54) is 122 Å². The van der Waals surface area contributed by atoms with E-state index >= 15 is 0 Å². The van der Waals surface area contributed by atoms with Crippen LogP contribution in [0.5, 0.6) is 0 Å². The zero-order valence-electron chi connectivity index (χ0n) is 55.2. The normalized spacial score (nSPS) is 13.6. The highest BCUT2D eigenvalue weighted by molar-refractivity contribution is 5.70. The second-order valence-corrected chi connectivity index (χ2v) is 23.7. The molecule has 0 heterocycles. The van der Waals surface area contributed by atoms with Crippen molar-refractivity contribution in [3.63, 3.8) is 0 Å². The highest BCUT2D eigenvalue weighted by Crippen LogP contribution is 2.16. The minimum Gasteiger partial charge on any atom is -0.545 e. The Morgan fingerprint density at radius 1 is 0.365 bits per heavy atom. The van der Waals surface area contributed by atoms with Gasteiger partial charge in [0.05, 0.1) is 40.3 Å². The Kier molecular flexibility index (Phi) is 61.9. The molecular weight excluding hydrogens is 1050 g/mol. The van der Waals surface area contributed by atoms with Gasteiger partial charge in [-0.15, -0.1) is 0 Å². The number of carbonyl (C=O) groups is 3. The van der Waals surface area contributed by atoms with Gasteiger partial charge in [-0.05, 0) is 116 Å². The Morgan fingerprint density at radius 3 is 1.00 bits per heavy atom. The summed E-state index contributed by atoms with van der Waals surface area (Å²) < 4.78 is 22.8. The summed E-state index contributed by atoms with van der Waals surface area (Å²) in [5, 5.41) is 11.8. The Labute approximate surface area is 522 Å². The molecule has 0 aliphatic heterocycles. The number of nitrogens with zero attached hydrogens (tertiary/aromatic N) is 1. The van der Waals surface area contributed by atoms with Crippen molar-refractivity contribution >= 4 is 17.9 Å². The smallest absolute Gasteiger partial charge is 0.306 e.